The molecule has 2 aromatic carbocycles. The molecule has 0 radical (unpaired) electrons. The average molecular weight is 500 g/mol. The third-order valence-corrected chi connectivity index (χ3v) is 6.96. The Balaban J connectivity index is 1.21. The number of amides is 1. The minimum absolute atomic E-state index is 0.0793. The third kappa shape index (κ3) is 5.23. The van der Waals surface area contributed by atoms with Crippen LogP contribution in [0.3, 0.4) is 0 Å². The number of carbonyl (C=O) groups excluding carboxylic acids is 1. The van der Waals surface area contributed by atoms with Crippen LogP contribution < -0.4 is 15.2 Å². The zero-order valence-electron chi connectivity index (χ0n) is 21.7. The van der Waals surface area contributed by atoms with E-state index in [-0.39, 0.29) is 11.5 Å². The molecule has 1 saturated heterocycles. The number of benzene rings is 2. The minimum atomic E-state index is -0.153. The summed E-state index contributed by atoms with van der Waals surface area (Å²) in [7, 11) is 0. The van der Waals surface area contributed by atoms with Crippen molar-refractivity contribution in [2.45, 2.75) is 33.7 Å². The minimum Gasteiger partial charge on any atom is -0.494 e. The van der Waals surface area contributed by atoms with Crippen LogP contribution in [0.1, 0.15) is 24.5 Å². The van der Waals surface area contributed by atoms with Gasteiger partial charge in [-0.15, -0.1) is 0 Å². The van der Waals surface area contributed by atoms with E-state index in [0.717, 1.165) is 30.1 Å². The topological polar surface area (TPSA) is 72.1 Å². The van der Waals surface area contributed by atoms with Gasteiger partial charge in [-0.2, -0.15) is 5.10 Å². The number of piperazine rings is 1. The summed E-state index contributed by atoms with van der Waals surface area (Å²) >= 11 is 0. The molecule has 4 aromatic rings. The first-order valence-electron chi connectivity index (χ1n) is 12.8. The highest BCUT2D eigenvalue weighted by atomic mass is 16.5. The highest BCUT2D eigenvalue weighted by Crippen LogP contribution is 2.23. The molecule has 0 bridgehead atoms. The zero-order chi connectivity index (χ0) is 25.9. The van der Waals surface area contributed by atoms with Crippen LogP contribution in [0.5, 0.6) is 5.75 Å². The standard InChI is InChI=1S/C29H33N5O3/c1-4-37-24-8-6-23(7-9-24)25-20-27-29(36)33(17-18-34(27)30-25)12-11-28(35)32-15-13-31(14-16-32)26-10-5-21(2)19-22(26)3/h5-10,17-20H,4,11-16H2,1-3H3. The third-order valence-electron chi connectivity index (χ3n) is 6.96. The molecule has 1 amide bonds. The highest BCUT2D eigenvalue weighted by Gasteiger charge is 2.22. The number of hydrogen-bond acceptors (Lipinski definition) is 5. The van der Waals surface area contributed by atoms with Crippen LogP contribution in [0, 0.1) is 13.8 Å². The summed E-state index contributed by atoms with van der Waals surface area (Å²) in [5.74, 6) is 0.879. The van der Waals surface area contributed by atoms with Crippen molar-refractivity contribution < 1.29 is 9.53 Å². The molecule has 0 aliphatic carbocycles. The van der Waals surface area contributed by atoms with Gasteiger partial charge in [0, 0.05) is 62.8 Å². The van der Waals surface area contributed by atoms with E-state index in [2.05, 4.69) is 42.0 Å². The van der Waals surface area contributed by atoms with Gasteiger partial charge in [-0.3, -0.25) is 9.59 Å². The van der Waals surface area contributed by atoms with E-state index in [1.165, 1.54) is 16.8 Å². The molecule has 1 aliphatic rings. The molecule has 8 nitrogen and oxygen atoms in total. The van der Waals surface area contributed by atoms with E-state index in [0.29, 0.717) is 38.2 Å². The summed E-state index contributed by atoms with van der Waals surface area (Å²) in [4.78, 5) is 30.3. The van der Waals surface area contributed by atoms with E-state index < -0.39 is 0 Å². The molecule has 5 rings (SSSR count). The lowest BCUT2D eigenvalue weighted by Gasteiger charge is -2.37. The number of ether oxygens (including phenoxy) is 1. The molecule has 192 valence electrons. The molecule has 0 unspecified atom stereocenters. The molecule has 0 atom stereocenters. The van der Waals surface area contributed by atoms with Crippen LogP contribution in [-0.2, 0) is 11.3 Å². The maximum absolute atomic E-state index is 13.1. The summed E-state index contributed by atoms with van der Waals surface area (Å²) in [5.41, 5.74) is 5.72. The molecule has 2 aromatic heterocycles. The molecule has 1 fully saturated rings. The first-order valence-corrected chi connectivity index (χ1v) is 12.8. The van der Waals surface area contributed by atoms with Crippen molar-refractivity contribution in [3.8, 4) is 17.0 Å². The number of nitrogens with zero attached hydrogens (tertiary/aromatic N) is 5. The maximum atomic E-state index is 13.1. The number of rotatable bonds is 7. The van der Waals surface area contributed by atoms with Gasteiger partial charge in [-0.25, -0.2) is 4.52 Å². The first-order chi connectivity index (χ1) is 17.9. The second kappa shape index (κ2) is 10.5. The van der Waals surface area contributed by atoms with Crippen molar-refractivity contribution >= 4 is 17.1 Å². The predicted octanol–water partition coefficient (Wildman–Crippen LogP) is 3.92. The summed E-state index contributed by atoms with van der Waals surface area (Å²) in [5, 5.41) is 4.55. The van der Waals surface area contributed by atoms with Crippen LogP contribution in [0.2, 0.25) is 0 Å². The Morgan fingerprint density at radius 3 is 2.43 bits per heavy atom. The Labute approximate surface area is 216 Å². The number of hydrogen-bond donors (Lipinski definition) is 0. The second-order valence-electron chi connectivity index (χ2n) is 9.52. The molecule has 0 spiro atoms. The van der Waals surface area contributed by atoms with Gasteiger partial charge in [-0.05, 0) is 62.7 Å². The van der Waals surface area contributed by atoms with Crippen LogP contribution >= 0.6 is 0 Å². The van der Waals surface area contributed by atoms with Crippen molar-refractivity contribution in [1.29, 1.82) is 0 Å². The number of anilines is 1. The van der Waals surface area contributed by atoms with Gasteiger partial charge in [0.25, 0.3) is 5.56 Å². The highest BCUT2D eigenvalue weighted by molar-refractivity contribution is 5.76. The fourth-order valence-electron chi connectivity index (χ4n) is 4.96. The number of fused-ring (bicyclic) bond motifs is 1. The van der Waals surface area contributed by atoms with Crippen molar-refractivity contribution in [2.24, 2.45) is 0 Å². The largest absolute Gasteiger partial charge is 0.494 e. The second-order valence-corrected chi connectivity index (χ2v) is 9.52. The van der Waals surface area contributed by atoms with Gasteiger partial charge >= 0.3 is 0 Å². The van der Waals surface area contributed by atoms with Crippen molar-refractivity contribution in [3.05, 3.63) is 82.4 Å². The van der Waals surface area contributed by atoms with Gasteiger partial charge in [0.15, 0.2) is 0 Å². The van der Waals surface area contributed by atoms with Gasteiger partial charge in [0.2, 0.25) is 5.91 Å². The molecular formula is C29H33N5O3. The molecular weight excluding hydrogens is 466 g/mol. The predicted molar refractivity (Wildman–Crippen MR) is 145 cm³/mol. The first kappa shape index (κ1) is 24.6. The van der Waals surface area contributed by atoms with Gasteiger partial charge in [0.1, 0.15) is 11.3 Å². The summed E-state index contributed by atoms with van der Waals surface area (Å²) in [6, 6.07) is 16.0. The quantitative estimate of drug-likeness (QED) is 0.386. The molecule has 3 heterocycles. The Morgan fingerprint density at radius 1 is 0.973 bits per heavy atom. The SMILES string of the molecule is CCOc1ccc(-c2cc3c(=O)n(CCC(=O)N4CCN(c5ccc(C)cc5C)CC4)ccn3n2)cc1. The van der Waals surface area contributed by atoms with E-state index >= 15 is 0 Å². The Hall–Kier alpha value is -4.07. The maximum Gasteiger partial charge on any atom is 0.276 e. The number of carbonyl (C=O) groups is 1. The Morgan fingerprint density at radius 2 is 1.73 bits per heavy atom. The molecule has 1 aliphatic heterocycles. The molecule has 8 heteroatoms. The number of aryl methyl sites for hydroxylation is 3. The monoisotopic (exact) mass is 499 g/mol. The molecule has 0 saturated carbocycles. The van der Waals surface area contributed by atoms with E-state index in [4.69, 9.17) is 4.74 Å². The van der Waals surface area contributed by atoms with Crippen molar-refractivity contribution in [3.63, 3.8) is 0 Å². The molecule has 37 heavy (non-hydrogen) atoms. The Bertz CT molecular complexity index is 1460. The van der Waals surface area contributed by atoms with Gasteiger partial charge in [0.05, 0.1) is 12.3 Å². The lowest BCUT2D eigenvalue weighted by atomic mass is 10.1. The summed E-state index contributed by atoms with van der Waals surface area (Å²) < 4.78 is 8.70. The smallest absolute Gasteiger partial charge is 0.276 e. The van der Waals surface area contributed by atoms with Crippen LogP contribution in [0.15, 0.2) is 65.7 Å². The summed E-state index contributed by atoms with van der Waals surface area (Å²) in [6.07, 6.45) is 3.76. The number of aromatic nitrogens is 3. The molecule has 0 N–H and O–H groups in total. The average Bonchev–Trinajstić information content (AvgIpc) is 3.34. The fourth-order valence-corrected chi connectivity index (χ4v) is 4.96. The lowest BCUT2D eigenvalue weighted by Crippen LogP contribution is -2.49. The van der Waals surface area contributed by atoms with Gasteiger partial charge in [-0.1, -0.05) is 17.7 Å². The lowest BCUT2D eigenvalue weighted by molar-refractivity contribution is -0.131. The van der Waals surface area contributed by atoms with Crippen molar-refractivity contribution in [2.75, 3.05) is 37.7 Å². The fraction of sp³-hybridized carbons (Fsp3) is 0.345. The Kier molecular flexibility index (Phi) is 6.99. The summed E-state index contributed by atoms with van der Waals surface area (Å²) in [6.45, 7) is 10.1. The van der Waals surface area contributed by atoms with E-state index in [9.17, 15) is 9.59 Å². The van der Waals surface area contributed by atoms with E-state index in [1.54, 1.807) is 27.5 Å². The van der Waals surface area contributed by atoms with Crippen LogP contribution in [0.25, 0.3) is 16.8 Å². The van der Waals surface area contributed by atoms with E-state index in [1.807, 2.05) is 36.1 Å². The van der Waals surface area contributed by atoms with Gasteiger partial charge < -0.3 is 19.1 Å². The van der Waals surface area contributed by atoms with Crippen molar-refractivity contribution in [1.82, 2.24) is 19.1 Å². The van der Waals surface area contributed by atoms with Crippen LogP contribution in [-0.4, -0.2) is 57.8 Å². The zero-order valence-corrected chi connectivity index (χ0v) is 21.7. The van der Waals surface area contributed by atoms with Crippen LogP contribution in [0.4, 0.5) is 5.69 Å². The normalized spacial score (nSPS) is 13.8.